The third-order valence-electron chi connectivity index (χ3n) is 1.53. The lowest BCUT2D eigenvalue weighted by atomic mass is 10.1. The Morgan fingerprint density at radius 2 is 1.58 bits per heavy atom. The van der Waals surface area contributed by atoms with E-state index in [0.29, 0.717) is 6.42 Å². The van der Waals surface area contributed by atoms with Crippen LogP contribution in [0.4, 0.5) is 0 Å². The SMILES string of the molecule is CC.CCCCCCCC(N)=O. The molecule has 0 spiro atoms. The molecular formula is C10H23NO. The lowest BCUT2D eigenvalue weighted by Gasteiger charge is -1.95. The molecule has 74 valence electrons. The Kier molecular flexibility index (Phi) is 15.3. The van der Waals surface area contributed by atoms with Gasteiger partial charge in [-0.25, -0.2) is 0 Å². The molecule has 0 radical (unpaired) electrons. The summed E-state index contributed by atoms with van der Waals surface area (Å²) in [4.78, 5) is 10.3. The van der Waals surface area contributed by atoms with Gasteiger partial charge in [0.1, 0.15) is 0 Å². The Bertz CT molecular complexity index is 91.8. The average molecular weight is 173 g/mol. The lowest BCUT2D eigenvalue weighted by molar-refractivity contribution is -0.118. The third-order valence-corrected chi connectivity index (χ3v) is 1.53. The first-order chi connectivity index (χ1) is 5.77. The molecule has 0 unspecified atom stereocenters. The van der Waals surface area contributed by atoms with Crippen LogP contribution in [0.2, 0.25) is 0 Å². The second-order valence-corrected chi connectivity index (χ2v) is 2.63. The molecule has 0 bridgehead atoms. The van der Waals surface area contributed by atoms with E-state index in [1.54, 1.807) is 0 Å². The molecule has 12 heavy (non-hydrogen) atoms. The molecule has 0 rings (SSSR count). The minimum absolute atomic E-state index is 0.170. The molecule has 0 aliphatic heterocycles. The van der Waals surface area contributed by atoms with Gasteiger partial charge in [0.25, 0.3) is 0 Å². The zero-order chi connectivity index (χ0) is 9.82. The minimum atomic E-state index is -0.170. The fraction of sp³-hybridized carbons (Fsp3) is 0.900. The summed E-state index contributed by atoms with van der Waals surface area (Å²) in [6.07, 6.45) is 6.44. The van der Waals surface area contributed by atoms with Gasteiger partial charge in [0.15, 0.2) is 0 Å². The van der Waals surface area contributed by atoms with Crippen molar-refractivity contribution in [2.45, 2.75) is 59.3 Å². The van der Waals surface area contributed by atoms with Crippen molar-refractivity contribution in [1.29, 1.82) is 0 Å². The van der Waals surface area contributed by atoms with Crippen molar-refractivity contribution in [2.24, 2.45) is 5.73 Å². The highest BCUT2D eigenvalue weighted by Crippen LogP contribution is 2.03. The van der Waals surface area contributed by atoms with Crippen LogP contribution in [0.5, 0.6) is 0 Å². The molecule has 0 aliphatic rings. The van der Waals surface area contributed by atoms with E-state index in [-0.39, 0.29) is 5.91 Å². The van der Waals surface area contributed by atoms with Crippen molar-refractivity contribution in [3.8, 4) is 0 Å². The lowest BCUT2D eigenvalue weighted by Crippen LogP contribution is -2.09. The van der Waals surface area contributed by atoms with Crippen LogP contribution < -0.4 is 5.73 Å². The largest absolute Gasteiger partial charge is 0.370 e. The summed E-state index contributed by atoms with van der Waals surface area (Å²) in [5.41, 5.74) is 4.97. The molecule has 0 heterocycles. The molecule has 2 heteroatoms. The summed E-state index contributed by atoms with van der Waals surface area (Å²) in [5, 5.41) is 0. The Hall–Kier alpha value is -0.530. The van der Waals surface area contributed by atoms with Crippen LogP contribution >= 0.6 is 0 Å². The maximum absolute atomic E-state index is 10.3. The molecule has 0 aliphatic carbocycles. The second kappa shape index (κ2) is 13.1. The monoisotopic (exact) mass is 173 g/mol. The minimum Gasteiger partial charge on any atom is -0.370 e. The highest BCUT2D eigenvalue weighted by molar-refractivity contribution is 5.73. The third kappa shape index (κ3) is 16.2. The van der Waals surface area contributed by atoms with Crippen molar-refractivity contribution in [3.63, 3.8) is 0 Å². The smallest absolute Gasteiger partial charge is 0.217 e. The van der Waals surface area contributed by atoms with E-state index in [0.717, 1.165) is 12.8 Å². The summed E-state index contributed by atoms with van der Waals surface area (Å²) in [6.45, 7) is 6.17. The van der Waals surface area contributed by atoms with E-state index in [1.807, 2.05) is 13.8 Å². The van der Waals surface area contributed by atoms with Crippen molar-refractivity contribution in [1.82, 2.24) is 0 Å². The molecule has 0 atom stereocenters. The van der Waals surface area contributed by atoms with E-state index in [9.17, 15) is 4.79 Å². The number of unbranched alkanes of at least 4 members (excludes halogenated alkanes) is 4. The van der Waals surface area contributed by atoms with Gasteiger partial charge in [-0.05, 0) is 6.42 Å². The Labute approximate surface area is 76.5 Å². The first kappa shape index (κ1) is 14.0. The van der Waals surface area contributed by atoms with Crippen LogP contribution in [0.1, 0.15) is 59.3 Å². The fourth-order valence-electron chi connectivity index (χ4n) is 0.903. The van der Waals surface area contributed by atoms with E-state index < -0.39 is 0 Å². The Balaban J connectivity index is 0. The number of primary amides is 1. The standard InChI is InChI=1S/C8H17NO.C2H6/c1-2-3-4-5-6-7-8(9)10;1-2/h2-7H2,1H3,(H2,9,10);1-2H3. The predicted molar refractivity (Wildman–Crippen MR) is 53.9 cm³/mol. The Morgan fingerprint density at radius 3 is 2.00 bits per heavy atom. The van der Waals surface area contributed by atoms with E-state index >= 15 is 0 Å². The number of carbonyl (C=O) groups is 1. The van der Waals surface area contributed by atoms with Crippen LogP contribution in [0, 0.1) is 0 Å². The van der Waals surface area contributed by atoms with Crippen molar-refractivity contribution in [3.05, 3.63) is 0 Å². The van der Waals surface area contributed by atoms with Crippen molar-refractivity contribution < 1.29 is 4.79 Å². The van der Waals surface area contributed by atoms with Crippen LogP contribution in [-0.4, -0.2) is 5.91 Å². The zero-order valence-electron chi connectivity index (χ0n) is 8.73. The first-order valence-electron chi connectivity index (χ1n) is 5.05. The number of rotatable bonds is 6. The molecular weight excluding hydrogens is 150 g/mol. The van der Waals surface area contributed by atoms with E-state index in [2.05, 4.69) is 6.92 Å². The van der Waals surface area contributed by atoms with E-state index in [4.69, 9.17) is 5.73 Å². The van der Waals surface area contributed by atoms with Gasteiger partial charge < -0.3 is 5.73 Å². The molecule has 2 N–H and O–H groups in total. The van der Waals surface area contributed by atoms with E-state index in [1.165, 1.54) is 19.3 Å². The molecule has 0 aromatic carbocycles. The van der Waals surface area contributed by atoms with Crippen LogP contribution in [0.3, 0.4) is 0 Å². The summed E-state index contributed by atoms with van der Waals surface area (Å²) >= 11 is 0. The summed E-state index contributed by atoms with van der Waals surface area (Å²) in [5.74, 6) is -0.170. The second-order valence-electron chi connectivity index (χ2n) is 2.63. The highest BCUT2D eigenvalue weighted by Gasteiger charge is 1.92. The zero-order valence-corrected chi connectivity index (χ0v) is 8.73. The van der Waals surface area contributed by atoms with Gasteiger partial charge in [-0.3, -0.25) is 4.79 Å². The van der Waals surface area contributed by atoms with Gasteiger partial charge in [0, 0.05) is 6.42 Å². The highest BCUT2D eigenvalue weighted by atomic mass is 16.1. The topological polar surface area (TPSA) is 43.1 Å². The molecule has 1 amide bonds. The van der Waals surface area contributed by atoms with Gasteiger partial charge >= 0.3 is 0 Å². The molecule has 0 saturated carbocycles. The maximum Gasteiger partial charge on any atom is 0.217 e. The Morgan fingerprint density at radius 1 is 1.08 bits per heavy atom. The predicted octanol–water partition coefficient (Wildman–Crippen LogP) is 2.86. The van der Waals surface area contributed by atoms with Crippen molar-refractivity contribution in [2.75, 3.05) is 0 Å². The molecule has 0 saturated heterocycles. The maximum atomic E-state index is 10.3. The van der Waals surface area contributed by atoms with Gasteiger partial charge in [-0.2, -0.15) is 0 Å². The summed E-state index contributed by atoms with van der Waals surface area (Å²) < 4.78 is 0. The molecule has 2 nitrogen and oxygen atoms in total. The van der Waals surface area contributed by atoms with Crippen LogP contribution in [0.15, 0.2) is 0 Å². The summed E-state index contributed by atoms with van der Waals surface area (Å²) in [7, 11) is 0. The quantitative estimate of drug-likeness (QED) is 0.617. The molecule has 0 aromatic heterocycles. The normalized spacial score (nSPS) is 8.58. The number of carbonyl (C=O) groups excluding carboxylic acids is 1. The van der Waals surface area contributed by atoms with Gasteiger partial charge in [0.2, 0.25) is 5.91 Å². The fourth-order valence-corrected chi connectivity index (χ4v) is 0.903. The van der Waals surface area contributed by atoms with Gasteiger partial charge in [0.05, 0.1) is 0 Å². The number of hydrogen-bond acceptors (Lipinski definition) is 1. The number of amides is 1. The average Bonchev–Trinajstić information content (AvgIpc) is 2.07. The summed E-state index contributed by atoms with van der Waals surface area (Å²) in [6, 6.07) is 0. The van der Waals surface area contributed by atoms with Gasteiger partial charge in [-0.1, -0.05) is 46.5 Å². The van der Waals surface area contributed by atoms with Crippen LogP contribution in [0.25, 0.3) is 0 Å². The number of nitrogens with two attached hydrogens (primary N) is 1. The number of hydrogen-bond donors (Lipinski definition) is 1. The van der Waals surface area contributed by atoms with Crippen LogP contribution in [-0.2, 0) is 4.79 Å². The molecule has 0 fully saturated rings. The first-order valence-corrected chi connectivity index (χ1v) is 5.05. The molecule has 0 aromatic rings. The van der Waals surface area contributed by atoms with Gasteiger partial charge in [-0.15, -0.1) is 0 Å². The van der Waals surface area contributed by atoms with Crippen molar-refractivity contribution >= 4 is 5.91 Å².